The Labute approximate surface area is 251 Å². The predicted octanol–water partition coefficient (Wildman–Crippen LogP) is 6.35. The lowest BCUT2D eigenvalue weighted by Crippen LogP contribution is -2.61. The molecule has 1 fully saturated rings. The third-order valence-corrected chi connectivity index (χ3v) is 8.67. The molecule has 2 aliphatic carbocycles. The fourth-order valence-corrected chi connectivity index (χ4v) is 6.13. The molecule has 0 radical (unpaired) electrons. The molecule has 0 bridgehead atoms. The summed E-state index contributed by atoms with van der Waals surface area (Å²) in [6.45, 7) is 7.50. The zero-order valence-electron chi connectivity index (χ0n) is 24.4. The lowest BCUT2D eigenvalue weighted by molar-refractivity contribution is -0.138. The summed E-state index contributed by atoms with van der Waals surface area (Å²) in [6, 6.07) is 25.8. The monoisotopic (exact) mass is 580 g/mol. The maximum Gasteiger partial charge on any atom is 0.338 e. The second-order valence-corrected chi connectivity index (χ2v) is 11.6. The molecule has 0 aromatic heterocycles. The Hall–Kier alpha value is -4.49. The van der Waals surface area contributed by atoms with Crippen molar-refractivity contribution in [1.29, 1.82) is 0 Å². The molecule has 2 aliphatic rings. The van der Waals surface area contributed by atoms with Crippen LogP contribution in [0.3, 0.4) is 0 Å². The van der Waals surface area contributed by atoms with E-state index in [0.717, 1.165) is 5.57 Å². The Balaban J connectivity index is 1.51. The first-order chi connectivity index (χ1) is 20.6. The first-order valence-corrected chi connectivity index (χ1v) is 14.5. The molecule has 0 spiro atoms. The average Bonchev–Trinajstić information content (AvgIpc) is 3.03. The molecule has 3 aromatic carbocycles. The van der Waals surface area contributed by atoms with Gasteiger partial charge in [-0.25, -0.2) is 14.4 Å². The molecule has 5 rings (SSSR count). The molecule has 43 heavy (non-hydrogen) atoms. The van der Waals surface area contributed by atoms with Gasteiger partial charge in [0.05, 0.1) is 16.7 Å². The molecule has 7 nitrogen and oxygen atoms in total. The highest BCUT2D eigenvalue weighted by Crippen LogP contribution is 2.55. The number of hydrogen-bond acceptors (Lipinski definition) is 7. The molecule has 1 saturated carbocycles. The van der Waals surface area contributed by atoms with Crippen LogP contribution in [0.4, 0.5) is 0 Å². The van der Waals surface area contributed by atoms with E-state index in [1.54, 1.807) is 84.9 Å². The summed E-state index contributed by atoms with van der Waals surface area (Å²) in [4.78, 5) is 39.5. The summed E-state index contributed by atoms with van der Waals surface area (Å²) >= 11 is 0. The van der Waals surface area contributed by atoms with Crippen molar-refractivity contribution in [3.63, 3.8) is 0 Å². The number of esters is 3. The van der Waals surface area contributed by atoms with Crippen molar-refractivity contribution in [2.24, 2.45) is 11.3 Å². The second kappa shape index (κ2) is 12.4. The molecular weight excluding hydrogens is 544 g/mol. The predicted molar refractivity (Wildman–Crippen MR) is 161 cm³/mol. The first-order valence-electron chi connectivity index (χ1n) is 14.5. The quantitative estimate of drug-likeness (QED) is 0.188. The van der Waals surface area contributed by atoms with Crippen LogP contribution in [0.15, 0.2) is 115 Å². The van der Waals surface area contributed by atoms with Crippen molar-refractivity contribution in [2.75, 3.05) is 6.61 Å². The van der Waals surface area contributed by atoms with Gasteiger partial charge in [-0.3, -0.25) is 0 Å². The van der Waals surface area contributed by atoms with Gasteiger partial charge in [-0.05, 0) is 68.2 Å². The smallest absolute Gasteiger partial charge is 0.338 e. The second-order valence-electron chi connectivity index (χ2n) is 11.6. The summed E-state index contributed by atoms with van der Waals surface area (Å²) in [5.41, 5.74) is -0.314. The largest absolute Gasteiger partial charge is 0.459 e. The number of ether oxygens (including phenoxy) is 3. The third kappa shape index (κ3) is 6.18. The molecule has 0 aliphatic heterocycles. The average molecular weight is 581 g/mol. The first kappa shape index (κ1) is 30.0. The molecule has 3 aromatic rings. The van der Waals surface area contributed by atoms with E-state index < -0.39 is 47.7 Å². The maximum absolute atomic E-state index is 13.2. The lowest BCUT2D eigenvalue weighted by Gasteiger charge is -2.54. The van der Waals surface area contributed by atoms with E-state index in [9.17, 15) is 19.5 Å². The summed E-state index contributed by atoms with van der Waals surface area (Å²) < 4.78 is 17.8. The third-order valence-electron chi connectivity index (χ3n) is 8.67. The summed E-state index contributed by atoms with van der Waals surface area (Å²) in [5, 5.41) is 12.6. The Morgan fingerprint density at radius 2 is 1.26 bits per heavy atom. The Morgan fingerprint density at radius 1 is 0.791 bits per heavy atom. The van der Waals surface area contributed by atoms with Gasteiger partial charge in [0.2, 0.25) is 0 Å². The number of carbonyl (C=O) groups is 3. The number of fused-ring (bicyclic) bond motifs is 1. The molecule has 0 heterocycles. The van der Waals surface area contributed by atoms with Crippen molar-refractivity contribution in [1.82, 2.24) is 0 Å². The zero-order valence-corrected chi connectivity index (χ0v) is 24.4. The van der Waals surface area contributed by atoms with Crippen molar-refractivity contribution < 1.29 is 33.7 Å². The number of allylic oxidation sites excluding steroid dienone is 2. The summed E-state index contributed by atoms with van der Waals surface area (Å²) in [6.07, 6.45) is 1.46. The number of rotatable bonds is 8. The molecule has 222 valence electrons. The van der Waals surface area contributed by atoms with Crippen LogP contribution in [0.25, 0.3) is 0 Å². The van der Waals surface area contributed by atoms with Crippen LogP contribution in [0.5, 0.6) is 0 Å². The molecular formula is C36H36O7. The molecule has 1 N–H and O–H groups in total. The van der Waals surface area contributed by atoms with Crippen LogP contribution >= 0.6 is 0 Å². The fraction of sp³-hybridized carbons (Fsp3) is 0.306. The van der Waals surface area contributed by atoms with Crippen LogP contribution in [0.2, 0.25) is 0 Å². The molecule has 5 atom stereocenters. The minimum atomic E-state index is -1.90. The van der Waals surface area contributed by atoms with E-state index in [2.05, 4.69) is 6.58 Å². The van der Waals surface area contributed by atoms with E-state index in [1.807, 2.05) is 26.0 Å². The van der Waals surface area contributed by atoms with E-state index in [0.29, 0.717) is 35.1 Å². The highest BCUT2D eigenvalue weighted by molar-refractivity contribution is 5.90. The van der Waals surface area contributed by atoms with Gasteiger partial charge in [0, 0.05) is 11.3 Å². The van der Waals surface area contributed by atoms with Crippen molar-refractivity contribution in [2.45, 2.75) is 50.9 Å². The Morgan fingerprint density at radius 3 is 1.74 bits per heavy atom. The normalized spacial score (nSPS) is 26.3. The number of carbonyl (C=O) groups excluding carboxylic acids is 3. The van der Waals surface area contributed by atoms with Gasteiger partial charge in [0.15, 0.2) is 5.60 Å². The van der Waals surface area contributed by atoms with Gasteiger partial charge in [-0.15, -0.1) is 0 Å². The SMILES string of the molecule is C=C(C)[C@H]1C=C2[C@](O)(COC(=O)c3ccccc3)[C@H](OC(=O)c3ccccc3)CC[C@@]2(C)[C@H](OC(=O)c2ccccc2)C1. The molecule has 0 saturated heterocycles. The van der Waals surface area contributed by atoms with E-state index in [1.165, 1.54) is 0 Å². The minimum absolute atomic E-state index is 0.239. The van der Waals surface area contributed by atoms with Crippen LogP contribution in [-0.2, 0) is 14.2 Å². The number of benzene rings is 3. The molecule has 7 heteroatoms. The van der Waals surface area contributed by atoms with Gasteiger partial charge < -0.3 is 19.3 Å². The highest BCUT2D eigenvalue weighted by atomic mass is 16.6. The van der Waals surface area contributed by atoms with Crippen LogP contribution < -0.4 is 0 Å². The van der Waals surface area contributed by atoms with E-state index in [-0.39, 0.29) is 12.3 Å². The van der Waals surface area contributed by atoms with Crippen LogP contribution in [0.1, 0.15) is 64.2 Å². The molecule has 0 amide bonds. The Bertz CT molecular complexity index is 1510. The minimum Gasteiger partial charge on any atom is -0.459 e. The topological polar surface area (TPSA) is 99.1 Å². The standard InChI is InChI=1S/C36H36O7/c1-24(2)28-21-29-35(3,31(22-28)43-34(39)27-17-11-6-12-18-27)20-19-30(42-33(38)26-15-9-5-10-16-26)36(29,40)23-41-32(37)25-13-7-4-8-14-25/h4-18,21,28,30-31,40H,1,19-20,22-23H2,2-3H3/t28-,30+,31+,35+,36+/m0/s1. The maximum atomic E-state index is 13.2. The van der Waals surface area contributed by atoms with Crippen molar-refractivity contribution in [3.05, 3.63) is 131 Å². The fourth-order valence-electron chi connectivity index (χ4n) is 6.13. The van der Waals surface area contributed by atoms with Gasteiger partial charge in [-0.1, -0.05) is 79.7 Å². The number of aliphatic hydroxyl groups is 1. The molecule has 0 unspecified atom stereocenters. The zero-order chi connectivity index (χ0) is 30.6. The lowest BCUT2D eigenvalue weighted by atomic mass is 9.56. The van der Waals surface area contributed by atoms with Gasteiger partial charge in [0.1, 0.15) is 18.8 Å². The van der Waals surface area contributed by atoms with Gasteiger partial charge in [0.25, 0.3) is 0 Å². The van der Waals surface area contributed by atoms with Crippen molar-refractivity contribution >= 4 is 17.9 Å². The van der Waals surface area contributed by atoms with E-state index >= 15 is 0 Å². The van der Waals surface area contributed by atoms with Crippen molar-refractivity contribution in [3.8, 4) is 0 Å². The van der Waals surface area contributed by atoms with E-state index in [4.69, 9.17) is 14.2 Å². The Kier molecular flexibility index (Phi) is 8.64. The van der Waals surface area contributed by atoms with Crippen LogP contribution in [0, 0.1) is 11.3 Å². The number of hydrogen-bond donors (Lipinski definition) is 1. The van der Waals surface area contributed by atoms with Crippen LogP contribution in [-0.4, -0.2) is 47.4 Å². The van der Waals surface area contributed by atoms with Gasteiger partial charge in [-0.2, -0.15) is 0 Å². The highest BCUT2D eigenvalue weighted by Gasteiger charge is 2.59. The van der Waals surface area contributed by atoms with Gasteiger partial charge >= 0.3 is 17.9 Å². The summed E-state index contributed by atoms with van der Waals surface area (Å²) in [7, 11) is 0. The summed E-state index contributed by atoms with van der Waals surface area (Å²) in [5.74, 6) is -1.92.